The van der Waals surface area contributed by atoms with Gasteiger partial charge in [0.15, 0.2) is 0 Å². The zero-order valence-electron chi connectivity index (χ0n) is 10.6. The number of aliphatic hydroxyl groups excluding tert-OH is 1. The SMILES string of the molecule is C[C@H]1C(O)=CC=CN1c1cc2cn[nH]c2cc1[N+](=O)[O-]. The molecule has 0 fully saturated rings. The molecule has 7 heteroatoms. The number of nitro benzene ring substituents is 1. The number of anilines is 1. The number of rotatable bonds is 2. The fourth-order valence-electron chi connectivity index (χ4n) is 2.26. The van der Waals surface area contributed by atoms with E-state index in [1.54, 1.807) is 42.4 Å². The molecule has 0 saturated heterocycles. The first-order valence-electron chi connectivity index (χ1n) is 6.05. The molecule has 3 rings (SSSR count). The van der Waals surface area contributed by atoms with E-state index in [0.29, 0.717) is 11.2 Å². The summed E-state index contributed by atoms with van der Waals surface area (Å²) in [6.45, 7) is 1.78. The van der Waals surface area contributed by atoms with Gasteiger partial charge in [-0.15, -0.1) is 0 Å². The molecule has 0 bridgehead atoms. The highest BCUT2D eigenvalue weighted by Gasteiger charge is 2.26. The molecule has 1 aliphatic rings. The van der Waals surface area contributed by atoms with E-state index in [0.717, 1.165) is 5.39 Å². The zero-order valence-corrected chi connectivity index (χ0v) is 10.6. The number of allylic oxidation sites excluding steroid dienone is 2. The van der Waals surface area contributed by atoms with Crippen LogP contribution in [0.1, 0.15) is 6.92 Å². The first kappa shape index (κ1) is 12.2. The molecule has 20 heavy (non-hydrogen) atoms. The number of H-pyrrole nitrogens is 1. The Kier molecular flexibility index (Phi) is 2.67. The normalized spacial score (nSPS) is 18.4. The zero-order chi connectivity index (χ0) is 14.3. The van der Waals surface area contributed by atoms with Crippen molar-refractivity contribution in [1.82, 2.24) is 10.2 Å². The maximum absolute atomic E-state index is 11.3. The predicted octanol–water partition coefficient (Wildman–Crippen LogP) is 2.64. The average Bonchev–Trinajstić information content (AvgIpc) is 2.87. The largest absolute Gasteiger partial charge is 0.510 e. The smallest absolute Gasteiger partial charge is 0.295 e. The third-order valence-electron chi connectivity index (χ3n) is 3.37. The van der Waals surface area contributed by atoms with Gasteiger partial charge >= 0.3 is 0 Å². The lowest BCUT2D eigenvalue weighted by Crippen LogP contribution is -2.31. The fraction of sp³-hybridized carbons (Fsp3) is 0.154. The lowest BCUT2D eigenvalue weighted by molar-refractivity contribution is -0.384. The number of nitrogens with one attached hydrogen (secondary N) is 1. The van der Waals surface area contributed by atoms with E-state index in [4.69, 9.17) is 0 Å². The van der Waals surface area contributed by atoms with Crippen molar-refractivity contribution in [2.75, 3.05) is 4.90 Å². The second-order valence-electron chi connectivity index (χ2n) is 4.57. The van der Waals surface area contributed by atoms with Crippen LogP contribution in [0.5, 0.6) is 0 Å². The highest BCUT2D eigenvalue weighted by molar-refractivity contribution is 5.88. The summed E-state index contributed by atoms with van der Waals surface area (Å²) in [6.07, 6.45) is 6.54. The molecular weight excluding hydrogens is 260 g/mol. The standard InChI is InChI=1S/C13H12N4O3/c1-8-13(18)3-2-4-16(8)11-5-9-7-14-15-10(9)6-12(11)17(19)20/h2-8,18H,1H3,(H,14,15)/t8-/m0/s1. The highest BCUT2D eigenvalue weighted by atomic mass is 16.6. The summed E-state index contributed by atoms with van der Waals surface area (Å²) < 4.78 is 0. The number of benzene rings is 1. The third kappa shape index (κ3) is 1.80. The van der Waals surface area contributed by atoms with E-state index in [2.05, 4.69) is 10.2 Å². The first-order chi connectivity index (χ1) is 9.58. The van der Waals surface area contributed by atoms with Crippen molar-refractivity contribution >= 4 is 22.3 Å². The lowest BCUT2D eigenvalue weighted by atomic mass is 10.1. The number of aromatic nitrogens is 2. The minimum absolute atomic E-state index is 0.0343. The van der Waals surface area contributed by atoms with Crippen LogP contribution >= 0.6 is 0 Å². The molecule has 1 aliphatic heterocycles. The van der Waals surface area contributed by atoms with Gasteiger partial charge in [0.05, 0.1) is 22.7 Å². The van der Waals surface area contributed by atoms with E-state index in [1.807, 2.05) is 0 Å². The molecule has 102 valence electrons. The minimum atomic E-state index is -0.439. The molecule has 7 nitrogen and oxygen atoms in total. The van der Waals surface area contributed by atoms with Crippen molar-refractivity contribution in [2.24, 2.45) is 0 Å². The van der Waals surface area contributed by atoms with E-state index in [-0.39, 0.29) is 17.5 Å². The van der Waals surface area contributed by atoms with Crippen molar-refractivity contribution in [2.45, 2.75) is 13.0 Å². The Morgan fingerprint density at radius 3 is 3.05 bits per heavy atom. The Morgan fingerprint density at radius 1 is 1.50 bits per heavy atom. The van der Waals surface area contributed by atoms with Gasteiger partial charge in [0.1, 0.15) is 11.4 Å². The van der Waals surface area contributed by atoms with Crippen LogP contribution in [0.2, 0.25) is 0 Å². The summed E-state index contributed by atoms with van der Waals surface area (Å²) in [4.78, 5) is 12.5. The molecule has 1 atom stereocenters. The van der Waals surface area contributed by atoms with Gasteiger partial charge in [0, 0.05) is 17.7 Å². The summed E-state index contributed by atoms with van der Waals surface area (Å²) >= 11 is 0. The lowest BCUT2D eigenvalue weighted by Gasteiger charge is -2.29. The van der Waals surface area contributed by atoms with E-state index < -0.39 is 4.92 Å². The van der Waals surface area contributed by atoms with Crippen LogP contribution in [0.15, 0.2) is 42.4 Å². The monoisotopic (exact) mass is 272 g/mol. The summed E-state index contributed by atoms with van der Waals surface area (Å²) in [5.41, 5.74) is 0.995. The average molecular weight is 272 g/mol. The molecule has 0 spiro atoms. The van der Waals surface area contributed by atoms with Crippen LogP contribution < -0.4 is 4.90 Å². The summed E-state index contributed by atoms with van der Waals surface area (Å²) in [5.74, 6) is 0.161. The second-order valence-corrected chi connectivity index (χ2v) is 4.57. The topological polar surface area (TPSA) is 95.3 Å². The summed E-state index contributed by atoms with van der Waals surface area (Å²) in [7, 11) is 0. The summed E-state index contributed by atoms with van der Waals surface area (Å²) in [6, 6.07) is 2.78. The molecular formula is C13H12N4O3. The minimum Gasteiger partial charge on any atom is -0.510 e. The van der Waals surface area contributed by atoms with Crippen LogP contribution in [-0.4, -0.2) is 26.3 Å². The quantitative estimate of drug-likeness (QED) is 0.647. The number of aliphatic hydroxyl groups is 1. The predicted molar refractivity (Wildman–Crippen MR) is 74.5 cm³/mol. The van der Waals surface area contributed by atoms with Crippen LogP contribution in [0.25, 0.3) is 10.9 Å². The number of hydrogen-bond acceptors (Lipinski definition) is 5. The number of fused-ring (bicyclic) bond motifs is 1. The molecule has 2 heterocycles. The highest BCUT2D eigenvalue weighted by Crippen LogP contribution is 2.35. The van der Waals surface area contributed by atoms with E-state index in [1.165, 1.54) is 6.07 Å². The number of nitrogens with zero attached hydrogens (tertiary/aromatic N) is 3. The molecule has 1 aromatic heterocycles. The van der Waals surface area contributed by atoms with Crippen LogP contribution in [0.3, 0.4) is 0 Å². The first-order valence-corrected chi connectivity index (χ1v) is 6.05. The molecule has 2 N–H and O–H groups in total. The van der Waals surface area contributed by atoms with E-state index in [9.17, 15) is 15.2 Å². The molecule has 2 aromatic rings. The second kappa shape index (κ2) is 4.37. The molecule has 1 aromatic carbocycles. The van der Waals surface area contributed by atoms with Gasteiger partial charge in [0.25, 0.3) is 5.69 Å². The maximum atomic E-state index is 11.3. The van der Waals surface area contributed by atoms with Crippen molar-refractivity contribution < 1.29 is 10.0 Å². The van der Waals surface area contributed by atoms with Crippen LogP contribution in [-0.2, 0) is 0 Å². The van der Waals surface area contributed by atoms with Crippen molar-refractivity contribution in [3.05, 3.63) is 52.6 Å². The van der Waals surface area contributed by atoms with Crippen LogP contribution in [0, 0.1) is 10.1 Å². The van der Waals surface area contributed by atoms with Crippen molar-refractivity contribution in [3.8, 4) is 0 Å². The number of hydrogen-bond donors (Lipinski definition) is 2. The van der Waals surface area contributed by atoms with Gasteiger partial charge in [-0.1, -0.05) is 0 Å². The Bertz CT molecular complexity index is 747. The molecule has 0 amide bonds. The Morgan fingerprint density at radius 2 is 2.30 bits per heavy atom. The Hall–Kier alpha value is -2.83. The Labute approximate surface area is 114 Å². The van der Waals surface area contributed by atoms with Gasteiger partial charge < -0.3 is 10.0 Å². The van der Waals surface area contributed by atoms with Gasteiger partial charge in [-0.05, 0) is 25.1 Å². The van der Waals surface area contributed by atoms with Gasteiger partial charge in [0.2, 0.25) is 0 Å². The van der Waals surface area contributed by atoms with Gasteiger partial charge in [-0.3, -0.25) is 15.2 Å². The molecule has 0 unspecified atom stereocenters. The molecule has 0 saturated carbocycles. The third-order valence-corrected chi connectivity index (χ3v) is 3.37. The molecule has 0 aliphatic carbocycles. The number of nitro groups is 1. The van der Waals surface area contributed by atoms with Crippen molar-refractivity contribution in [3.63, 3.8) is 0 Å². The van der Waals surface area contributed by atoms with Gasteiger partial charge in [-0.2, -0.15) is 5.10 Å². The number of aromatic amines is 1. The Balaban J connectivity index is 2.19. The van der Waals surface area contributed by atoms with Gasteiger partial charge in [-0.25, -0.2) is 0 Å². The fourth-order valence-corrected chi connectivity index (χ4v) is 2.26. The maximum Gasteiger partial charge on any atom is 0.295 e. The molecule has 0 radical (unpaired) electrons. The van der Waals surface area contributed by atoms with E-state index >= 15 is 0 Å². The summed E-state index contributed by atoms with van der Waals surface area (Å²) in [5, 5.41) is 28.4. The van der Waals surface area contributed by atoms with Crippen LogP contribution in [0.4, 0.5) is 11.4 Å². The van der Waals surface area contributed by atoms with Crippen molar-refractivity contribution in [1.29, 1.82) is 0 Å².